The summed E-state index contributed by atoms with van der Waals surface area (Å²) in [6.45, 7) is 4.42. The van der Waals surface area contributed by atoms with E-state index in [4.69, 9.17) is 5.11 Å². The second kappa shape index (κ2) is 6.89. The van der Waals surface area contributed by atoms with Gasteiger partial charge in [0.15, 0.2) is 0 Å². The Morgan fingerprint density at radius 2 is 2.00 bits per heavy atom. The van der Waals surface area contributed by atoms with Gasteiger partial charge in [-0.3, -0.25) is 4.79 Å². The van der Waals surface area contributed by atoms with Gasteiger partial charge in [-0.1, -0.05) is 6.92 Å². The zero-order chi connectivity index (χ0) is 12.0. The third-order valence-corrected chi connectivity index (χ3v) is 3.76. The Balaban J connectivity index is 2.27. The second-order valence-corrected chi connectivity index (χ2v) is 5.05. The van der Waals surface area contributed by atoms with Crippen LogP contribution in [-0.4, -0.2) is 23.7 Å². The predicted octanol–water partition coefficient (Wildman–Crippen LogP) is 2.09. The lowest BCUT2D eigenvalue weighted by atomic mass is 9.80. The fourth-order valence-corrected chi connectivity index (χ4v) is 2.36. The van der Waals surface area contributed by atoms with Gasteiger partial charge < -0.3 is 10.4 Å². The summed E-state index contributed by atoms with van der Waals surface area (Å²) in [4.78, 5) is 11.9. The van der Waals surface area contributed by atoms with Gasteiger partial charge in [-0.15, -0.1) is 0 Å². The summed E-state index contributed by atoms with van der Waals surface area (Å²) in [7, 11) is 0. The Labute approximate surface area is 98.6 Å². The monoisotopic (exact) mass is 227 g/mol. The van der Waals surface area contributed by atoms with Gasteiger partial charge in [0.05, 0.1) is 0 Å². The molecule has 0 spiro atoms. The van der Waals surface area contributed by atoms with Crippen molar-refractivity contribution in [2.75, 3.05) is 6.61 Å². The number of hydrogen-bond acceptors (Lipinski definition) is 2. The van der Waals surface area contributed by atoms with Crippen molar-refractivity contribution in [3.8, 4) is 0 Å². The van der Waals surface area contributed by atoms with Gasteiger partial charge >= 0.3 is 0 Å². The number of hydrogen-bond donors (Lipinski definition) is 2. The molecule has 0 heterocycles. The van der Waals surface area contributed by atoms with Gasteiger partial charge in [0.25, 0.3) is 0 Å². The molecule has 1 fully saturated rings. The van der Waals surface area contributed by atoms with E-state index in [1.165, 1.54) is 0 Å². The van der Waals surface area contributed by atoms with E-state index < -0.39 is 0 Å². The van der Waals surface area contributed by atoms with Crippen molar-refractivity contribution in [1.29, 1.82) is 0 Å². The van der Waals surface area contributed by atoms with Crippen LogP contribution in [0.1, 0.15) is 52.4 Å². The largest absolute Gasteiger partial charge is 0.396 e. The maximum Gasteiger partial charge on any atom is 0.223 e. The maximum atomic E-state index is 11.9. The standard InChI is InChI=1S/C13H25NO2/c1-3-10(2)14-13(16)12-6-4-11(5-7-12)8-9-15/h10-12,15H,3-9H2,1-2H3,(H,14,16). The van der Waals surface area contributed by atoms with Crippen LogP contribution in [0, 0.1) is 11.8 Å². The van der Waals surface area contributed by atoms with Crippen molar-refractivity contribution >= 4 is 5.91 Å². The van der Waals surface area contributed by atoms with Crippen molar-refractivity contribution in [2.45, 2.75) is 58.4 Å². The molecule has 0 radical (unpaired) electrons. The molecule has 1 rings (SSSR count). The minimum atomic E-state index is 0.212. The number of nitrogens with one attached hydrogen (secondary N) is 1. The average Bonchev–Trinajstić information content (AvgIpc) is 2.30. The van der Waals surface area contributed by atoms with Crippen LogP contribution >= 0.6 is 0 Å². The van der Waals surface area contributed by atoms with Gasteiger partial charge in [0.2, 0.25) is 5.91 Å². The summed E-state index contributed by atoms with van der Waals surface area (Å²) in [5, 5.41) is 11.9. The van der Waals surface area contributed by atoms with Gasteiger partial charge in [-0.2, -0.15) is 0 Å². The zero-order valence-electron chi connectivity index (χ0n) is 10.5. The van der Waals surface area contributed by atoms with Crippen LogP contribution in [0.25, 0.3) is 0 Å². The fourth-order valence-electron chi connectivity index (χ4n) is 2.36. The van der Waals surface area contributed by atoms with E-state index in [0.717, 1.165) is 38.5 Å². The minimum Gasteiger partial charge on any atom is -0.396 e. The molecule has 1 unspecified atom stereocenters. The smallest absolute Gasteiger partial charge is 0.223 e. The molecular formula is C13H25NO2. The van der Waals surface area contributed by atoms with Gasteiger partial charge in [0, 0.05) is 18.6 Å². The van der Waals surface area contributed by atoms with Crippen LogP contribution in [0.5, 0.6) is 0 Å². The van der Waals surface area contributed by atoms with E-state index in [9.17, 15) is 4.79 Å². The molecule has 1 aliphatic carbocycles. The number of amides is 1. The first-order valence-electron chi connectivity index (χ1n) is 6.58. The van der Waals surface area contributed by atoms with Crippen LogP contribution in [0.15, 0.2) is 0 Å². The molecule has 1 amide bonds. The van der Waals surface area contributed by atoms with Gasteiger partial charge in [-0.25, -0.2) is 0 Å². The van der Waals surface area contributed by atoms with Crippen LogP contribution in [0.2, 0.25) is 0 Å². The summed E-state index contributed by atoms with van der Waals surface area (Å²) < 4.78 is 0. The Kier molecular flexibility index (Phi) is 5.81. The van der Waals surface area contributed by atoms with Crippen molar-refractivity contribution in [2.24, 2.45) is 11.8 Å². The third-order valence-electron chi connectivity index (χ3n) is 3.76. The lowest BCUT2D eigenvalue weighted by molar-refractivity contribution is -0.126. The summed E-state index contributed by atoms with van der Waals surface area (Å²) in [6, 6.07) is 0.294. The quantitative estimate of drug-likeness (QED) is 0.755. The minimum absolute atomic E-state index is 0.212. The van der Waals surface area contributed by atoms with Crippen molar-refractivity contribution in [1.82, 2.24) is 5.32 Å². The number of aliphatic hydroxyl groups excluding tert-OH is 1. The molecule has 1 saturated carbocycles. The summed E-state index contributed by atoms with van der Waals surface area (Å²) in [6.07, 6.45) is 6.07. The molecule has 1 atom stereocenters. The first-order chi connectivity index (χ1) is 7.67. The Bertz CT molecular complexity index is 210. The SMILES string of the molecule is CCC(C)NC(=O)C1CCC(CCO)CC1. The van der Waals surface area contributed by atoms with Crippen LogP contribution < -0.4 is 5.32 Å². The Morgan fingerprint density at radius 3 is 2.50 bits per heavy atom. The first kappa shape index (κ1) is 13.5. The summed E-state index contributed by atoms with van der Waals surface area (Å²) in [5.74, 6) is 1.08. The lowest BCUT2D eigenvalue weighted by Gasteiger charge is -2.28. The fraction of sp³-hybridized carbons (Fsp3) is 0.923. The normalized spacial score (nSPS) is 27.4. The van der Waals surface area contributed by atoms with E-state index >= 15 is 0 Å². The average molecular weight is 227 g/mol. The summed E-state index contributed by atoms with van der Waals surface area (Å²) >= 11 is 0. The molecule has 0 saturated heterocycles. The molecule has 3 nitrogen and oxygen atoms in total. The molecule has 2 N–H and O–H groups in total. The maximum absolute atomic E-state index is 11.9. The van der Waals surface area contributed by atoms with E-state index in [1.807, 2.05) is 0 Å². The molecular weight excluding hydrogens is 202 g/mol. The topological polar surface area (TPSA) is 49.3 Å². The molecule has 3 heteroatoms. The number of carbonyl (C=O) groups is 1. The molecule has 0 aliphatic heterocycles. The third kappa shape index (κ3) is 4.12. The van der Waals surface area contributed by atoms with Gasteiger partial charge in [-0.05, 0) is 51.4 Å². The van der Waals surface area contributed by atoms with Crippen molar-refractivity contribution < 1.29 is 9.90 Å². The highest BCUT2D eigenvalue weighted by atomic mass is 16.3. The van der Waals surface area contributed by atoms with Gasteiger partial charge in [0.1, 0.15) is 0 Å². The Hall–Kier alpha value is -0.570. The highest BCUT2D eigenvalue weighted by Crippen LogP contribution is 2.30. The van der Waals surface area contributed by atoms with Crippen molar-refractivity contribution in [3.63, 3.8) is 0 Å². The number of carbonyl (C=O) groups excluding carboxylic acids is 1. The molecule has 0 bridgehead atoms. The van der Waals surface area contributed by atoms with E-state index in [2.05, 4.69) is 19.2 Å². The Morgan fingerprint density at radius 1 is 1.38 bits per heavy atom. The van der Waals surface area contributed by atoms with E-state index in [0.29, 0.717) is 12.0 Å². The molecule has 0 aromatic heterocycles. The number of rotatable bonds is 5. The molecule has 94 valence electrons. The van der Waals surface area contributed by atoms with Crippen LogP contribution in [0.4, 0.5) is 0 Å². The first-order valence-corrected chi connectivity index (χ1v) is 6.58. The zero-order valence-corrected chi connectivity index (χ0v) is 10.5. The van der Waals surface area contributed by atoms with Crippen LogP contribution in [-0.2, 0) is 4.79 Å². The van der Waals surface area contributed by atoms with E-state index in [-0.39, 0.29) is 18.4 Å². The highest BCUT2D eigenvalue weighted by Gasteiger charge is 2.26. The van der Waals surface area contributed by atoms with E-state index in [1.54, 1.807) is 0 Å². The molecule has 0 aromatic rings. The summed E-state index contributed by atoms with van der Waals surface area (Å²) in [5.41, 5.74) is 0. The number of aliphatic hydroxyl groups is 1. The second-order valence-electron chi connectivity index (χ2n) is 5.05. The van der Waals surface area contributed by atoms with Crippen LogP contribution in [0.3, 0.4) is 0 Å². The predicted molar refractivity (Wildman–Crippen MR) is 65.0 cm³/mol. The highest BCUT2D eigenvalue weighted by molar-refractivity contribution is 5.78. The van der Waals surface area contributed by atoms with Crippen molar-refractivity contribution in [3.05, 3.63) is 0 Å². The molecule has 16 heavy (non-hydrogen) atoms. The molecule has 1 aliphatic rings. The molecule has 0 aromatic carbocycles. The lowest BCUT2D eigenvalue weighted by Crippen LogP contribution is -2.38.